The van der Waals surface area contributed by atoms with Crippen molar-refractivity contribution in [2.75, 3.05) is 17.9 Å². The van der Waals surface area contributed by atoms with Gasteiger partial charge < -0.3 is 5.32 Å². The Bertz CT molecular complexity index is 880. The van der Waals surface area contributed by atoms with E-state index in [1.807, 2.05) is 0 Å². The third-order valence-corrected chi connectivity index (χ3v) is 6.12. The number of nitrogens with zero attached hydrogens (tertiary/aromatic N) is 1. The molecule has 0 aromatic heterocycles. The summed E-state index contributed by atoms with van der Waals surface area (Å²) in [6, 6.07) is 11.0. The standard InChI is InChI=1S/C19H23ClN2O3S/c1-4-5-12-21-19(23)15-6-11-18(14(2)13-15)22(3)26(24,25)17-9-7-16(20)8-10-17/h6-11,13H,4-5,12H2,1-3H3,(H,21,23). The molecule has 0 fully saturated rings. The second-order valence-corrected chi connectivity index (χ2v) is 8.44. The largest absolute Gasteiger partial charge is 0.352 e. The molecule has 0 atom stereocenters. The van der Waals surface area contributed by atoms with Crippen LogP contribution in [0.4, 0.5) is 5.69 Å². The summed E-state index contributed by atoms with van der Waals surface area (Å²) < 4.78 is 26.8. The first-order valence-corrected chi connectivity index (χ1v) is 10.2. The van der Waals surface area contributed by atoms with Crippen LogP contribution in [0.2, 0.25) is 5.02 Å². The minimum Gasteiger partial charge on any atom is -0.352 e. The first-order chi connectivity index (χ1) is 12.3. The predicted molar refractivity (Wildman–Crippen MR) is 105 cm³/mol. The molecule has 0 heterocycles. The zero-order chi connectivity index (χ0) is 19.3. The van der Waals surface area contributed by atoms with Crippen molar-refractivity contribution in [3.8, 4) is 0 Å². The highest BCUT2D eigenvalue weighted by molar-refractivity contribution is 7.92. The monoisotopic (exact) mass is 394 g/mol. The molecule has 2 aromatic rings. The van der Waals surface area contributed by atoms with Gasteiger partial charge in [-0.1, -0.05) is 24.9 Å². The number of rotatable bonds is 7. The molecule has 1 amide bonds. The molecule has 5 nitrogen and oxygen atoms in total. The fourth-order valence-electron chi connectivity index (χ4n) is 2.52. The van der Waals surface area contributed by atoms with Gasteiger partial charge >= 0.3 is 0 Å². The zero-order valence-corrected chi connectivity index (χ0v) is 16.7. The van der Waals surface area contributed by atoms with Crippen LogP contribution in [0.1, 0.15) is 35.7 Å². The lowest BCUT2D eigenvalue weighted by Gasteiger charge is -2.22. The number of halogens is 1. The number of benzene rings is 2. The summed E-state index contributed by atoms with van der Waals surface area (Å²) in [5, 5.41) is 3.33. The van der Waals surface area contributed by atoms with Crippen molar-refractivity contribution in [1.82, 2.24) is 5.32 Å². The number of anilines is 1. The minimum atomic E-state index is -3.71. The van der Waals surface area contributed by atoms with Gasteiger partial charge in [-0.25, -0.2) is 8.42 Å². The molecule has 0 saturated carbocycles. The fraction of sp³-hybridized carbons (Fsp3) is 0.316. The van der Waals surface area contributed by atoms with Crippen LogP contribution >= 0.6 is 11.6 Å². The van der Waals surface area contributed by atoms with Crippen LogP contribution in [0.3, 0.4) is 0 Å². The third kappa shape index (κ3) is 4.56. The number of nitrogens with one attached hydrogen (secondary N) is 1. The van der Waals surface area contributed by atoms with Crippen molar-refractivity contribution in [2.45, 2.75) is 31.6 Å². The van der Waals surface area contributed by atoms with Gasteiger partial charge in [0.2, 0.25) is 0 Å². The van der Waals surface area contributed by atoms with Gasteiger partial charge in [-0.2, -0.15) is 0 Å². The van der Waals surface area contributed by atoms with E-state index in [2.05, 4.69) is 12.2 Å². The summed E-state index contributed by atoms with van der Waals surface area (Å²) >= 11 is 5.83. The van der Waals surface area contributed by atoms with Gasteiger partial charge in [-0.05, 0) is 61.4 Å². The average Bonchev–Trinajstić information content (AvgIpc) is 2.61. The van der Waals surface area contributed by atoms with Crippen molar-refractivity contribution in [2.24, 2.45) is 0 Å². The zero-order valence-electron chi connectivity index (χ0n) is 15.1. The highest BCUT2D eigenvalue weighted by atomic mass is 35.5. The normalized spacial score (nSPS) is 11.2. The Morgan fingerprint density at radius 3 is 2.38 bits per heavy atom. The SMILES string of the molecule is CCCCNC(=O)c1ccc(N(C)S(=O)(=O)c2ccc(Cl)cc2)c(C)c1. The first-order valence-electron chi connectivity index (χ1n) is 8.40. The Morgan fingerprint density at radius 2 is 1.81 bits per heavy atom. The Kier molecular flexibility index (Phi) is 6.67. The topological polar surface area (TPSA) is 66.5 Å². The molecular formula is C19H23ClN2O3S. The smallest absolute Gasteiger partial charge is 0.264 e. The quantitative estimate of drug-likeness (QED) is 0.721. The molecule has 0 aliphatic rings. The fourth-order valence-corrected chi connectivity index (χ4v) is 3.91. The van der Waals surface area contributed by atoms with E-state index in [4.69, 9.17) is 11.6 Å². The lowest BCUT2D eigenvalue weighted by molar-refractivity contribution is 0.0953. The van der Waals surface area contributed by atoms with Crippen LogP contribution < -0.4 is 9.62 Å². The van der Waals surface area contributed by atoms with Crippen molar-refractivity contribution in [1.29, 1.82) is 0 Å². The molecule has 0 aliphatic heterocycles. The number of carbonyl (C=O) groups excluding carboxylic acids is 1. The first kappa shape index (κ1) is 20.3. The summed E-state index contributed by atoms with van der Waals surface area (Å²) in [5.74, 6) is -0.156. The second-order valence-electron chi connectivity index (χ2n) is 6.04. The maximum atomic E-state index is 12.8. The van der Waals surface area contributed by atoms with Gasteiger partial charge in [-0.15, -0.1) is 0 Å². The molecule has 0 saturated heterocycles. The molecule has 0 radical (unpaired) electrons. The Morgan fingerprint density at radius 1 is 1.15 bits per heavy atom. The van der Waals surface area contributed by atoms with Crippen LogP contribution in [-0.2, 0) is 10.0 Å². The van der Waals surface area contributed by atoms with Crippen LogP contribution in [0.25, 0.3) is 0 Å². The van der Waals surface area contributed by atoms with Crippen molar-refractivity contribution in [3.63, 3.8) is 0 Å². The average molecular weight is 395 g/mol. The highest BCUT2D eigenvalue weighted by Gasteiger charge is 2.23. The molecule has 2 rings (SSSR count). The summed E-state index contributed by atoms with van der Waals surface area (Å²) in [6.07, 6.45) is 1.93. The highest BCUT2D eigenvalue weighted by Crippen LogP contribution is 2.26. The molecule has 0 bridgehead atoms. The Balaban J connectivity index is 2.25. The van der Waals surface area contributed by atoms with Crippen molar-refractivity contribution >= 4 is 33.2 Å². The van der Waals surface area contributed by atoms with Crippen molar-refractivity contribution in [3.05, 3.63) is 58.6 Å². The molecule has 0 spiro atoms. The molecule has 140 valence electrons. The molecule has 26 heavy (non-hydrogen) atoms. The van der Waals surface area contributed by atoms with Crippen LogP contribution in [0, 0.1) is 6.92 Å². The molecule has 0 unspecified atom stereocenters. The number of carbonyl (C=O) groups is 1. The lowest BCUT2D eigenvalue weighted by atomic mass is 10.1. The van der Waals surface area contributed by atoms with E-state index in [1.54, 1.807) is 37.3 Å². The van der Waals surface area contributed by atoms with E-state index in [1.165, 1.54) is 23.5 Å². The number of aryl methyl sites for hydroxylation is 1. The third-order valence-electron chi connectivity index (χ3n) is 4.09. The lowest BCUT2D eigenvalue weighted by Crippen LogP contribution is -2.28. The summed E-state index contributed by atoms with van der Waals surface area (Å²) in [5.41, 5.74) is 1.73. The number of hydrogen-bond donors (Lipinski definition) is 1. The maximum absolute atomic E-state index is 12.8. The van der Waals surface area contributed by atoms with E-state index in [0.717, 1.165) is 12.8 Å². The number of hydrogen-bond acceptors (Lipinski definition) is 3. The van der Waals surface area contributed by atoms with Crippen LogP contribution in [0.15, 0.2) is 47.4 Å². The maximum Gasteiger partial charge on any atom is 0.264 e. The van der Waals surface area contributed by atoms with Gasteiger partial charge in [0.15, 0.2) is 0 Å². The summed E-state index contributed by atoms with van der Waals surface area (Å²) in [4.78, 5) is 12.3. The van der Waals surface area contributed by atoms with Gasteiger partial charge in [0.25, 0.3) is 15.9 Å². The van der Waals surface area contributed by atoms with Gasteiger partial charge in [-0.3, -0.25) is 9.10 Å². The van der Waals surface area contributed by atoms with Crippen LogP contribution in [0.5, 0.6) is 0 Å². The number of unbranched alkanes of at least 4 members (excludes halogenated alkanes) is 1. The van der Waals surface area contributed by atoms with Crippen LogP contribution in [-0.4, -0.2) is 27.9 Å². The van der Waals surface area contributed by atoms with E-state index >= 15 is 0 Å². The Hall–Kier alpha value is -2.05. The molecule has 0 aliphatic carbocycles. The predicted octanol–water partition coefficient (Wildman–Crippen LogP) is 4.00. The number of amides is 1. The minimum absolute atomic E-state index is 0.156. The molecular weight excluding hydrogens is 372 g/mol. The summed E-state index contributed by atoms with van der Waals surface area (Å²) in [7, 11) is -2.21. The van der Waals surface area contributed by atoms with E-state index < -0.39 is 10.0 Å². The van der Waals surface area contributed by atoms with E-state index in [9.17, 15) is 13.2 Å². The van der Waals surface area contributed by atoms with Gasteiger partial charge in [0, 0.05) is 24.2 Å². The van der Waals surface area contributed by atoms with E-state index in [0.29, 0.717) is 28.4 Å². The molecule has 1 N–H and O–H groups in total. The van der Waals surface area contributed by atoms with Crippen molar-refractivity contribution < 1.29 is 13.2 Å². The second kappa shape index (κ2) is 8.56. The Labute approximate surface area is 160 Å². The number of sulfonamides is 1. The molecule has 2 aromatic carbocycles. The van der Waals surface area contributed by atoms with Gasteiger partial charge in [0.1, 0.15) is 0 Å². The van der Waals surface area contributed by atoms with Gasteiger partial charge in [0.05, 0.1) is 10.6 Å². The summed E-state index contributed by atoms with van der Waals surface area (Å²) in [6.45, 7) is 4.47. The van der Waals surface area contributed by atoms with E-state index in [-0.39, 0.29) is 10.8 Å². The molecule has 7 heteroatoms.